The van der Waals surface area contributed by atoms with Gasteiger partial charge < -0.3 is 14.2 Å². The molecule has 0 aromatic heterocycles. The van der Waals surface area contributed by atoms with E-state index in [0.717, 1.165) is 32.5 Å². The third-order valence-corrected chi connectivity index (χ3v) is 4.95. The van der Waals surface area contributed by atoms with Gasteiger partial charge in [-0.05, 0) is 37.0 Å². The van der Waals surface area contributed by atoms with Gasteiger partial charge in [0, 0.05) is 23.7 Å². The minimum absolute atomic E-state index is 0.171. The summed E-state index contributed by atoms with van der Waals surface area (Å²) < 4.78 is 44.5. The molecule has 0 N–H and O–H groups in total. The largest absolute Gasteiger partial charge is 0.374 e. The van der Waals surface area contributed by atoms with E-state index in [1.54, 1.807) is 6.07 Å². The summed E-state index contributed by atoms with van der Waals surface area (Å²) >= 11 is 0. The summed E-state index contributed by atoms with van der Waals surface area (Å²) in [7, 11) is 2.23. The fourth-order valence-corrected chi connectivity index (χ4v) is 3.52. The third-order valence-electron chi connectivity index (χ3n) is 4.53. The quantitative estimate of drug-likeness (QED) is 0.771. The molecular weight excluding hydrogens is 321 g/mol. The zero-order valence-electron chi connectivity index (χ0n) is 13.3. The maximum absolute atomic E-state index is 13.6. The van der Waals surface area contributed by atoms with Crippen LogP contribution in [0.15, 0.2) is 12.1 Å². The Morgan fingerprint density at radius 3 is 2.48 bits per heavy atom. The molecule has 0 amide bonds. The van der Waals surface area contributed by atoms with E-state index in [1.807, 2.05) is 0 Å². The first kappa shape index (κ1) is 17.2. The van der Waals surface area contributed by atoms with E-state index in [-0.39, 0.29) is 23.6 Å². The smallest absolute Gasteiger partial charge is 0.165 e. The van der Waals surface area contributed by atoms with Crippen LogP contribution < -0.4 is 5.30 Å². The molecule has 2 fully saturated rings. The van der Waals surface area contributed by atoms with Crippen LogP contribution in [0.4, 0.5) is 8.78 Å². The average molecular weight is 344 g/mol. The Labute approximate surface area is 137 Å². The van der Waals surface area contributed by atoms with Crippen molar-refractivity contribution in [2.75, 3.05) is 19.8 Å². The lowest BCUT2D eigenvalue weighted by Gasteiger charge is -2.32. The van der Waals surface area contributed by atoms with Crippen LogP contribution >= 0.6 is 9.24 Å². The van der Waals surface area contributed by atoms with E-state index in [1.165, 1.54) is 6.07 Å². The molecule has 0 bridgehead atoms. The van der Waals surface area contributed by atoms with Gasteiger partial charge in [0.2, 0.25) is 0 Å². The van der Waals surface area contributed by atoms with Gasteiger partial charge in [0.15, 0.2) is 17.9 Å². The maximum Gasteiger partial charge on any atom is 0.165 e. The molecule has 1 aromatic rings. The van der Waals surface area contributed by atoms with Crippen molar-refractivity contribution in [3.05, 3.63) is 29.3 Å². The zero-order valence-corrected chi connectivity index (χ0v) is 14.4. The number of benzene rings is 1. The van der Waals surface area contributed by atoms with Crippen LogP contribution in [0.25, 0.3) is 0 Å². The van der Waals surface area contributed by atoms with Crippen LogP contribution in [-0.2, 0) is 14.2 Å². The second kappa shape index (κ2) is 7.52. The van der Waals surface area contributed by atoms with Gasteiger partial charge in [-0.15, -0.1) is 9.24 Å². The molecule has 3 atom stereocenters. The van der Waals surface area contributed by atoms with E-state index >= 15 is 0 Å². The molecule has 1 aromatic carbocycles. The van der Waals surface area contributed by atoms with Crippen molar-refractivity contribution < 1.29 is 23.0 Å². The van der Waals surface area contributed by atoms with Crippen LogP contribution in [-0.4, -0.2) is 26.1 Å². The van der Waals surface area contributed by atoms with Crippen LogP contribution in [0.1, 0.15) is 37.9 Å². The molecule has 3 rings (SSSR count). The molecule has 2 heterocycles. The molecule has 0 saturated carbocycles. The maximum atomic E-state index is 13.6. The van der Waals surface area contributed by atoms with Gasteiger partial charge in [-0.2, -0.15) is 0 Å². The summed E-state index contributed by atoms with van der Waals surface area (Å²) in [5, 5.41) is 0.234. The van der Waals surface area contributed by atoms with Crippen molar-refractivity contribution in [3.8, 4) is 0 Å². The molecule has 3 unspecified atom stereocenters. The van der Waals surface area contributed by atoms with E-state index in [0.29, 0.717) is 18.1 Å². The molecule has 3 nitrogen and oxygen atoms in total. The minimum atomic E-state index is -0.829. The monoisotopic (exact) mass is 344 g/mol. The zero-order chi connectivity index (χ0) is 16.4. The standard InChI is InChI=1S/C17H23F2O3P/c1-10-8-21-17(22-9-10)11-2-3-14(20-5-4-11)12-6-13(18)16(19)15(23)7-12/h6-7,10-11,14,17H,2-5,8-9,23H2,1H3. The molecule has 23 heavy (non-hydrogen) atoms. The van der Waals surface area contributed by atoms with Gasteiger partial charge in [0.1, 0.15) is 0 Å². The van der Waals surface area contributed by atoms with Crippen LogP contribution in [0, 0.1) is 23.5 Å². The number of ether oxygens (including phenoxy) is 3. The Morgan fingerprint density at radius 2 is 1.78 bits per heavy atom. The lowest BCUT2D eigenvalue weighted by atomic mass is 9.95. The molecule has 6 heteroatoms. The molecule has 2 aliphatic rings. The molecule has 0 radical (unpaired) electrons. The first-order valence-electron chi connectivity index (χ1n) is 8.14. The van der Waals surface area contributed by atoms with Crippen molar-refractivity contribution in [2.45, 2.75) is 38.6 Å². The van der Waals surface area contributed by atoms with Crippen molar-refractivity contribution in [1.82, 2.24) is 0 Å². The van der Waals surface area contributed by atoms with Crippen LogP contribution in [0.2, 0.25) is 0 Å². The fourth-order valence-electron chi connectivity index (χ4n) is 3.19. The normalized spacial score (nSPS) is 32.5. The second-order valence-corrected chi connectivity index (χ2v) is 7.15. The van der Waals surface area contributed by atoms with E-state index in [9.17, 15) is 8.78 Å². The van der Waals surface area contributed by atoms with E-state index in [2.05, 4.69) is 16.2 Å². The molecule has 0 spiro atoms. The lowest BCUT2D eigenvalue weighted by Crippen LogP contribution is -2.36. The highest BCUT2D eigenvalue weighted by atomic mass is 31.0. The fraction of sp³-hybridized carbons (Fsp3) is 0.647. The summed E-state index contributed by atoms with van der Waals surface area (Å²) in [6.07, 6.45) is 2.10. The molecular formula is C17H23F2O3P. The molecule has 2 saturated heterocycles. The summed E-state index contributed by atoms with van der Waals surface area (Å²) in [5.41, 5.74) is 0.689. The molecule has 128 valence electrons. The number of halogens is 2. The Kier molecular flexibility index (Phi) is 5.63. The van der Waals surface area contributed by atoms with Crippen molar-refractivity contribution in [3.63, 3.8) is 0 Å². The van der Waals surface area contributed by atoms with Gasteiger partial charge in [0.05, 0.1) is 19.3 Å². The van der Waals surface area contributed by atoms with Crippen LogP contribution in [0.5, 0.6) is 0 Å². The first-order valence-corrected chi connectivity index (χ1v) is 8.71. The summed E-state index contributed by atoms with van der Waals surface area (Å²) in [4.78, 5) is 0. The van der Waals surface area contributed by atoms with Crippen molar-refractivity contribution in [1.29, 1.82) is 0 Å². The average Bonchev–Trinajstić information content (AvgIpc) is 2.79. The molecule has 0 aliphatic carbocycles. The highest BCUT2D eigenvalue weighted by Crippen LogP contribution is 2.34. The summed E-state index contributed by atoms with van der Waals surface area (Å²) in [6, 6.07) is 2.88. The topological polar surface area (TPSA) is 27.7 Å². The van der Waals surface area contributed by atoms with Crippen LogP contribution in [0.3, 0.4) is 0 Å². The van der Waals surface area contributed by atoms with E-state index in [4.69, 9.17) is 14.2 Å². The first-order chi connectivity index (χ1) is 11.0. The van der Waals surface area contributed by atoms with Gasteiger partial charge in [-0.3, -0.25) is 0 Å². The number of hydrogen-bond acceptors (Lipinski definition) is 3. The van der Waals surface area contributed by atoms with Gasteiger partial charge in [-0.25, -0.2) is 8.78 Å². The summed E-state index contributed by atoms with van der Waals surface area (Å²) in [5.74, 6) is -0.926. The predicted molar refractivity (Wildman–Crippen MR) is 86.6 cm³/mol. The Bertz CT molecular complexity index is 524. The number of rotatable bonds is 2. The highest BCUT2D eigenvalue weighted by molar-refractivity contribution is 7.27. The van der Waals surface area contributed by atoms with Gasteiger partial charge in [-0.1, -0.05) is 6.92 Å². The van der Waals surface area contributed by atoms with Crippen molar-refractivity contribution >= 4 is 14.5 Å². The Morgan fingerprint density at radius 1 is 1.04 bits per heavy atom. The SMILES string of the molecule is CC1COC(C2CCOC(c3cc(F)c(F)c(P)c3)CC2)OC1. The van der Waals surface area contributed by atoms with Gasteiger partial charge >= 0.3 is 0 Å². The minimum Gasteiger partial charge on any atom is -0.374 e. The summed E-state index contributed by atoms with van der Waals surface area (Å²) in [6.45, 7) is 4.13. The highest BCUT2D eigenvalue weighted by Gasteiger charge is 2.31. The Balaban J connectivity index is 1.64. The second-order valence-electron chi connectivity index (χ2n) is 6.53. The Hall–Kier alpha value is -0.610. The predicted octanol–water partition coefficient (Wildman–Crippen LogP) is 3.33. The van der Waals surface area contributed by atoms with Gasteiger partial charge in [0.25, 0.3) is 0 Å². The third kappa shape index (κ3) is 4.08. The molecule has 2 aliphatic heterocycles. The van der Waals surface area contributed by atoms with Crippen molar-refractivity contribution in [2.24, 2.45) is 11.8 Å². The van der Waals surface area contributed by atoms with E-state index < -0.39 is 11.6 Å². The number of hydrogen-bond donors (Lipinski definition) is 0. The lowest BCUT2D eigenvalue weighted by molar-refractivity contribution is -0.223.